The van der Waals surface area contributed by atoms with Crippen LogP contribution in [0, 0.1) is 17.8 Å². The van der Waals surface area contributed by atoms with E-state index >= 15 is 0 Å². The minimum absolute atomic E-state index is 0.0212. The summed E-state index contributed by atoms with van der Waals surface area (Å²) >= 11 is 0. The number of urea groups is 1. The van der Waals surface area contributed by atoms with Crippen LogP contribution >= 0.6 is 0 Å². The lowest BCUT2D eigenvalue weighted by Crippen LogP contribution is -2.62. The Balaban J connectivity index is 1.13. The molecule has 5 fully saturated rings. The van der Waals surface area contributed by atoms with Crippen molar-refractivity contribution in [3.05, 3.63) is 30.1 Å². The van der Waals surface area contributed by atoms with E-state index in [1.165, 1.54) is 19.3 Å². The highest BCUT2D eigenvalue weighted by Gasteiger charge is 2.52. The number of likely N-dealkylation sites (tertiary alicyclic amines) is 1. The van der Waals surface area contributed by atoms with Gasteiger partial charge in [0.2, 0.25) is 0 Å². The van der Waals surface area contributed by atoms with Crippen LogP contribution < -0.4 is 5.32 Å². The summed E-state index contributed by atoms with van der Waals surface area (Å²) in [5.74, 6) is 2.11. The number of nitrogens with one attached hydrogen (secondary N) is 1. The number of aromatic nitrogens is 1. The molecule has 5 aliphatic rings. The largest absolute Gasteiger partial charge is 0.464 e. The molecular formula is C24H33N3O3. The molecule has 4 bridgehead atoms. The molecule has 30 heavy (non-hydrogen) atoms. The van der Waals surface area contributed by atoms with Crippen molar-refractivity contribution in [3.63, 3.8) is 0 Å². The highest BCUT2D eigenvalue weighted by Crippen LogP contribution is 2.55. The fourth-order valence-corrected chi connectivity index (χ4v) is 6.91. The van der Waals surface area contributed by atoms with E-state index in [2.05, 4.69) is 10.3 Å². The zero-order valence-corrected chi connectivity index (χ0v) is 17.7. The van der Waals surface area contributed by atoms with Crippen LogP contribution in [0.15, 0.2) is 24.5 Å². The van der Waals surface area contributed by atoms with Gasteiger partial charge in [-0.2, -0.15) is 0 Å². The molecule has 0 radical (unpaired) electrons. The highest BCUT2D eigenvalue weighted by atomic mass is 16.5. The van der Waals surface area contributed by atoms with Gasteiger partial charge in [-0.25, -0.2) is 9.59 Å². The Hall–Kier alpha value is -2.11. The minimum Gasteiger partial charge on any atom is -0.464 e. The van der Waals surface area contributed by atoms with Crippen LogP contribution in [0.4, 0.5) is 4.79 Å². The summed E-state index contributed by atoms with van der Waals surface area (Å²) in [6.07, 6.45) is 14.2. The van der Waals surface area contributed by atoms with Crippen molar-refractivity contribution >= 4 is 12.0 Å². The first-order valence-electron chi connectivity index (χ1n) is 11.7. The molecule has 1 N–H and O–H groups in total. The van der Waals surface area contributed by atoms with Crippen LogP contribution in [0.25, 0.3) is 0 Å². The van der Waals surface area contributed by atoms with Crippen molar-refractivity contribution in [2.24, 2.45) is 17.8 Å². The van der Waals surface area contributed by atoms with Crippen LogP contribution in [-0.2, 0) is 16.0 Å². The molecule has 2 heterocycles. The van der Waals surface area contributed by atoms with Crippen LogP contribution in [0.3, 0.4) is 0 Å². The molecule has 1 saturated heterocycles. The predicted octanol–water partition coefficient (Wildman–Crippen LogP) is 3.70. The van der Waals surface area contributed by atoms with Gasteiger partial charge in [-0.15, -0.1) is 0 Å². The van der Waals surface area contributed by atoms with Crippen molar-refractivity contribution < 1.29 is 14.3 Å². The van der Waals surface area contributed by atoms with Gasteiger partial charge in [-0.1, -0.05) is 6.07 Å². The number of rotatable bonds is 6. The van der Waals surface area contributed by atoms with Crippen LogP contribution in [0.2, 0.25) is 0 Å². The standard InChI is InChI=1S/C24H33N3O3/c28-22(30-9-3-5-17-4-1-7-25-16-17)21-6-2-8-27(21)23(29)26-24-13-18-10-19(14-24)12-20(11-18)15-24/h1,4,7,16,18-21H,2-3,5-6,8-15H2,(H,26,29)/t18?,19?,20?,21-,24?/m0/s1. The summed E-state index contributed by atoms with van der Waals surface area (Å²) < 4.78 is 5.54. The van der Waals surface area contributed by atoms with Crippen molar-refractivity contribution in [3.8, 4) is 0 Å². The molecule has 1 aliphatic heterocycles. The van der Waals surface area contributed by atoms with Gasteiger partial charge in [0, 0.05) is 24.5 Å². The lowest BCUT2D eigenvalue weighted by Gasteiger charge is -2.57. The third-order valence-electron chi connectivity index (χ3n) is 7.77. The van der Waals surface area contributed by atoms with Gasteiger partial charge in [-0.05, 0) is 93.6 Å². The van der Waals surface area contributed by atoms with Crippen molar-refractivity contribution in [1.82, 2.24) is 15.2 Å². The van der Waals surface area contributed by atoms with Crippen LogP contribution in [-0.4, -0.2) is 46.6 Å². The molecule has 0 spiro atoms. The van der Waals surface area contributed by atoms with Crippen molar-refractivity contribution in [1.29, 1.82) is 0 Å². The van der Waals surface area contributed by atoms with Gasteiger partial charge in [0.1, 0.15) is 6.04 Å². The number of pyridine rings is 1. The predicted molar refractivity (Wildman–Crippen MR) is 113 cm³/mol. The molecule has 0 aromatic carbocycles. The molecule has 4 aliphatic carbocycles. The van der Waals surface area contributed by atoms with E-state index < -0.39 is 6.04 Å². The second-order valence-corrected chi connectivity index (χ2v) is 10.1. The number of carbonyl (C=O) groups is 2. The molecule has 162 valence electrons. The van der Waals surface area contributed by atoms with E-state index in [0.29, 0.717) is 19.6 Å². The van der Waals surface area contributed by atoms with Gasteiger partial charge in [-0.3, -0.25) is 4.98 Å². The number of esters is 1. The molecule has 6 nitrogen and oxygen atoms in total. The summed E-state index contributed by atoms with van der Waals surface area (Å²) in [5, 5.41) is 3.41. The third kappa shape index (κ3) is 4.06. The van der Waals surface area contributed by atoms with E-state index in [9.17, 15) is 9.59 Å². The summed E-state index contributed by atoms with van der Waals surface area (Å²) in [6.45, 7) is 1.03. The van der Waals surface area contributed by atoms with E-state index in [1.54, 1.807) is 11.1 Å². The van der Waals surface area contributed by atoms with E-state index in [1.807, 2.05) is 18.3 Å². The maximum Gasteiger partial charge on any atom is 0.328 e. The highest BCUT2D eigenvalue weighted by molar-refractivity contribution is 5.84. The normalized spacial score (nSPS) is 34.2. The lowest BCUT2D eigenvalue weighted by molar-refractivity contribution is -0.148. The number of hydrogen-bond acceptors (Lipinski definition) is 4. The number of amides is 2. The second-order valence-electron chi connectivity index (χ2n) is 10.1. The average molecular weight is 412 g/mol. The van der Waals surface area contributed by atoms with Gasteiger partial charge < -0.3 is 15.0 Å². The first-order chi connectivity index (χ1) is 14.6. The summed E-state index contributed by atoms with van der Waals surface area (Å²) in [7, 11) is 0. The summed E-state index contributed by atoms with van der Waals surface area (Å²) in [4.78, 5) is 31.7. The zero-order chi connectivity index (χ0) is 20.6. The first-order valence-corrected chi connectivity index (χ1v) is 11.7. The van der Waals surface area contributed by atoms with E-state index in [0.717, 1.165) is 61.8 Å². The molecule has 1 aromatic heterocycles. The monoisotopic (exact) mass is 411 g/mol. The molecule has 6 rings (SSSR count). The Bertz CT molecular complexity index is 746. The topological polar surface area (TPSA) is 71.5 Å². The molecule has 2 amide bonds. The molecule has 1 aromatic rings. The summed E-state index contributed by atoms with van der Waals surface area (Å²) in [6, 6.07) is 3.46. The smallest absolute Gasteiger partial charge is 0.328 e. The number of ether oxygens (including phenoxy) is 1. The fourth-order valence-electron chi connectivity index (χ4n) is 6.91. The van der Waals surface area contributed by atoms with Crippen LogP contribution in [0.5, 0.6) is 0 Å². The second kappa shape index (κ2) is 8.20. The number of aryl methyl sites for hydroxylation is 1. The van der Waals surface area contributed by atoms with E-state index in [-0.39, 0.29) is 17.5 Å². The van der Waals surface area contributed by atoms with Gasteiger partial charge in [0.05, 0.1) is 6.61 Å². The maximum atomic E-state index is 13.2. The molecular weight excluding hydrogens is 378 g/mol. The summed E-state index contributed by atoms with van der Waals surface area (Å²) in [5.41, 5.74) is 1.12. The average Bonchev–Trinajstić information content (AvgIpc) is 3.21. The van der Waals surface area contributed by atoms with Crippen LogP contribution in [0.1, 0.15) is 63.4 Å². The quantitative estimate of drug-likeness (QED) is 0.572. The Morgan fingerprint density at radius 2 is 1.90 bits per heavy atom. The number of carbonyl (C=O) groups excluding carboxylic acids is 2. The SMILES string of the molecule is O=C(OCCCc1cccnc1)[C@@H]1CCCN1C(=O)NC12CC3CC(CC(C3)C1)C2. The lowest BCUT2D eigenvalue weighted by atomic mass is 9.53. The van der Waals surface area contributed by atoms with Gasteiger partial charge >= 0.3 is 12.0 Å². The molecule has 0 unspecified atom stereocenters. The van der Waals surface area contributed by atoms with Crippen molar-refractivity contribution in [2.45, 2.75) is 75.8 Å². The molecule has 6 heteroatoms. The number of nitrogens with zero attached hydrogens (tertiary/aromatic N) is 2. The Morgan fingerprint density at radius 3 is 2.57 bits per heavy atom. The fraction of sp³-hybridized carbons (Fsp3) is 0.708. The Labute approximate surface area is 178 Å². The minimum atomic E-state index is -0.433. The molecule has 4 saturated carbocycles. The Morgan fingerprint density at radius 1 is 1.17 bits per heavy atom. The number of hydrogen-bond donors (Lipinski definition) is 1. The van der Waals surface area contributed by atoms with Gasteiger partial charge in [0.15, 0.2) is 0 Å². The third-order valence-corrected chi connectivity index (χ3v) is 7.77. The van der Waals surface area contributed by atoms with E-state index in [4.69, 9.17) is 4.74 Å². The first kappa shape index (κ1) is 19.8. The van der Waals surface area contributed by atoms with Crippen molar-refractivity contribution in [2.75, 3.05) is 13.2 Å². The zero-order valence-electron chi connectivity index (χ0n) is 17.7. The maximum absolute atomic E-state index is 13.2. The van der Waals surface area contributed by atoms with Gasteiger partial charge in [0.25, 0.3) is 0 Å². The molecule has 1 atom stereocenters. The Kier molecular flexibility index (Phi) is 5.42.